The van der Waals surface area contributed by atoms with E-state index in [1.54, 1.807) is 48.1 Å². The first-order chi connectivity index (χ1) is 11.0. The molecule has 1 N–H and O–H groups in total. The maximum Gasteiger partial charge on any atom is 0.265 e. The van der Waals surface area contributed by atoms with Crippen LogP contribution in [0.4, 0.5) is 5.69 Å². The highest BCUT2D eigenvalue weighted by Crippen LogP contribution is 2.28. The van der Waals surface area contributed by atoms with Crippen molar-refractivity contribution < 1.29 is 9.53 Å². The van der Waals surface area contributed by atoms with Gasteiger partial charge < -0.3 is 10.1 Å². The van der Waals surface area contributed by atoms with Crippen LogP contribution in [0.15, 0.2) is 48.8 Å². The van der Waals surface area contributed by atoms with Gasteiger partial charge in [0.2, 0.25) is 0 Å². The highest BCUT2D eigenvalue weighted by Gasteiger charge is 2.16. The van der Waals surface area contributed by atoms with E-state index < -0.39 is 6.10 Å². The molecular formula is C16H13Cl2N3O2. The van der Waals surface area contributed by atoms with Gasteiger partial charge in [-0.05, 0) is 43.3 Å². The molecular weight excluding hydrogens is 337 g/mol. The molecule has 0 saturated carbocycles. The topological polar surface area (TPSA) is 55.6 Å². The Morgan fingerprint density at radius 2 is 2.09 bits per heavy atom. The number of fused-ring (bicyclic) bond motifs is 1. The van der Waals surface area contributed by atoms with Gasteiger partial charge in [-0.3, -0.25) is 4.79 Å². The summed E-state index contributed by atoms with van der Waals surface area (Å²) in [6.07, 6.45) is 2.75. The number of nitrogens with zero attached hydrogens (tertiary/aromatic N) is 2. The van der Waals surface area contributed by atoms with Crippen LogP contribution < -0.4 is 10.1 Å². The number of ether oxygens (including phenoxy) is 1. The van der Waals surface area contributed by atoms with Gasteiger partial charge in [-0.25, -0.2) is 4.52 Å². The minimum absolute atomic E-state index is 0.278. The van der Waals surface area contributed by atoms with Gasteiger partial charge in [0, 0.05) is 23.1 Å². The summed E-state index contributed by atoms with van der Waals surface area (Å²) < 4.78 is 7.30. The zero-order chi connectivity index (χ0) is 16.4. The second-order valence-corrected chi connectivity index (χ2v) is 5.78. The number of hydrogen-bond donors (Lipinski definition) is 1. The van der Waals surface area contributed by atoms with Crippen molar-refractivity contribution in [3.63, 3.8) is 0 Å². The number of benzene rings is 1. The van der Waals surface area contributed by atoms with E-state index >= 15 is 0 Å². The number of rotatable bonds is 4. The van der Waals surface area contributed by atoms with E-state index in [4.69, 9.17) is 27.9 Å². The Morgan fingerprint density at radius 3 is 2.87 bits per heavy atom. The predicted octanol–water partition coefficient (Wildman–Crippen LogP) is 4.05. The summed E-state index contributed by atoms with van der Waals surface area (Å²) in [5.74, 6) is 0.129. The average molecular weight is 350 g/mol. The molecule has 23 heavy (non-hydrogen) atoms. The van der Waals surface area contributed by atoms with Crippen LogP contribution in [0.3, 0.4) is 0 Å². The van der Waals surface area contributed by atoms with Crippen LogP contribution in [-0.4, -0.2) is 21.6 Å². The summed E-state index contributed by atoms with van der Waals surface area (Å²) in [5.41, 5.74) is 1.55. The van der Waals surface area contributed by atoms with E-state index in [1.165, 1.54) is 0 Å². The number of nitrogens with one attached hydrogen (secondary N) is 1. The zero-order valence-electron chi connectivity index (χ0n) is 12.2. The SMILES string of the molecule is C[C@H](Oc1ccc(Cl)cc1Cl)C(=O)Nc1ccn2nccc2c1. The summed E-state index contributed by atoms with van der Waals surface area (Å²) in [5, 5.41) is 7.77. The van der Waals surface area contributed by atoms with Crippen molar-refractivity contribution in [3.05, 3.63) is 58.8 Å². The molecule has 0 radical (unpaired) electrons. The molecule has 7 heteroatoms. The lowest BCUT2D eigenvalue weighted by atomic mass is 10.3. The standard InChI is InChI=1S/C16H13Cl2N3O2/c1-10(23-15-3-2-11(17)8-14(15)18)16(22)20-12-5-7-21-13(9-12)4-6-19-21/h2-10H,1H3,(H,20,22)/t10-/m0/s1. The third-order valence-corrected chi connectivity index (χ3v) is 3.76. The van der Waals surface area contributed by atoms with Crippen LogP contribution in [0.1, 0.15) is 6.92 Å². The molecule has 0 saturated heterocycles. The molecule has 5 nitrogen and oxygen atoms in total. The maximum atomic E-state index is 12.2. The van der Waals surface area contributed by atoms with Crippen molar-refractivity contribution in [2.45, 2.75) is 13.0 Å². The first kappa shape index (κ1) is 15.6. The number of pyridine rings is 1. The van der Waals surface area contributed by atoms with Gasteiger partial charge in [0.05, 0.1) is 10.5 Å². The van der Waals surface area contributed by atoms with Crippen LogP contribution in [-0.2, 0) is 4.79 Å². The van der Waals surface area contributed by atoms with Gasteiger partial charge in [0.25, 0.3) is 5.91 Å². The Balaban J connectivity index is 1.69. The Bertz CT molecular complexity index is 863. The molecule has 0 spiro atoms. The van der Waals surface area contributed by atoms with Gasteiger partial charge in [-0.2, -0.15) is 5.10 Å². The van der Waals surface area contributed by atoms with E-state index in [-0.39, 0.29) is 5.91 Å². The van der Waals surface area contributed by atoms with Crippen LogP contribution in [0.5, 0.6) is 5.75 Å². The molecule has 1 amide bonds. The quantitative estimate of drug-likeness (QED) is 0.772. The van der Waals surface area contributed by atoms with E-state index in [2.05, 4.69) is 10.4 Å². The third-order valence-electron chi connectivity index (χ3n) is 3.23. The van der Waals surface area contributed by atoms with Crippen molar-refractivity contribution >= 4 is 40.3 Å². The van der Waals surface area contributed by atoms with E-state index in [1.807, 2.05) is 12.1 Å². The minimum atomic E-state index is -0.713. The molecule has 3 rings (SSSR count). The molecule has 2 aromatic heterocycles. The van der Waals surface area contributed by atoms with Crippen LogP contribution in [0.2, 0.25) is 10.0 Å². The first-order valence-corrected chi connectivity index (χ1v) is 7.64. The summed E-state index contributed by atoms with van der Waals surface area (Å²) in [7, 11) is 0. The van der Waals surface area contributed by atoms with E-state index in [0.29, 0.717) is 21.5 Å². The summed E-state index contributed by atoms with van der Waals surface area (Å²) >= 11 is 11.9. The van der Waals surface area contributed by atoms with Crippen molar-refractivity contribution in [2.75, 3.05) is 5.32 Å². The molecule has 1 aromatic carbocycles. The van der Waals surface area contributed by atoms with Crippen LogP contribution in [0.25, 0.3) is 5.52 Å². The van der Waals surface area contributed by atoms with Crippen molar-refractivity contribution in [2.24, 2.45) is 0 Å². The molecule has 1 atom stereocenters. The second-order valence-electron chi connectivity index (χ2n) is 4.94. The first-order valence-electron chi connectivity index (χ1n) is 6.89. The molecule has 3 aromatic rings. The molecule has 2 heterocycles. The largest absolute Gasteiger partial charge is 0.479 e. The lowest BCUT2D eigenvalue weighted by Gasteiger charge is -2.16. The number of amides is 1. The third kappa shape index (κ3) is 3.57. The maximum absolute atomic E-state index is 12.2. The van der Waals surface area contributed by atoms with Crippen LogP contribution in [0, 0.1) is 0 Å². The minimum Gasteiger partial charge on any atom is -0.479 e. The number of hydrogen-bond acceptors (Lipinski definition) is 3. The van der Waals surface area contributed by atoms with Gasteiger partial charge >= 0.3 is 0 Å². The fourth-order valence-corrected chi connectivity index (χ4v) is 2.51. The Labute approximate surface area is 142 Å². The summed E-state index contributed by atoms with van der Waals surface area (Å²) in [6, 6.07) is 10.3. The highest BCUT2D eigenvalue weighted by atomic mass is 35.5. The fraction of sp³-hybridized carbons (Fsp3) is 0.125. The van der Waals surface area contributed by atoms with Gasteiger partial charge in [0.15, 0.2) is 6.10 Å². The predicted molar refractivity (Wildman–Crippen MR) is 90.4 cm³/mol. The normalized spacial score (nSPS) is 12.1. The molecule has 0 aliphatic carbocycles. The second kappa shape index (κ2) is 6.48. The van der Waals surface area contributed by atoms with E-state index in [0.717, 1.165) is 5.52 Å². The summed E-state index contributed by atoms with van der Waals surface area (Å²) in [4.78, 5) is 12.2. The van der Waals surface area contributed by atoms with Gasteiger partial charge in [-0.1, -0.05) is 23.2 Å². The fourth-order valence-electron chi connectivity index (χ4n) is 2.06. The highest BCUT2D eigenvalue weighted by molar-refractivity contribution is 6.35. The number of carbonyl (C=O) groups excluding carboxylic acids is 1. The number of aromatic nitrogens is 2. The van der Waals surface area contributed by atoms with Crippen molar-refractivity contribution in [1.29, 1.82) is 0 Å². The molecule has 0 aliphatic heterocycles. The molecule has 0 unspecified atom stereocenters. The molecule has 0 bridgehead atoms. The molecule has 0 fully saturated rings. The van der Waals surface area contributed by atoms with Crippen molar-refractivity contribution in [1.82, 2.24) is 9.61 Å². The zero-order valence-corrected chi connectivity index (χ0v) is 13.7. The summed E-state index contributed by atoms with van der Waals surface area (Å²) in [6.45, 7) is 1.65. The van der Waals surface area contributed by atoms with Gasteiger partial charge in [0.1, 0.15) is 5.75 Å². The lowest BCUT2D eigenvalue weighted by Crippen LogP contribution is -2.30. The van der Waals surface area contributed by atoms with Crippen molar-refractivity contribution in [3.8, 4) is 5.75 Å². The number of anilines is 1. The Morgan fingerprint density at radius 1 is 1.26 bits per heavy atom. The molecule has 118 valence electrons. The van der Waals surface area contributed by atoms with Gasteiger partial charge in [-0.15, -0.1) is 0 Å². The van der Waals surface area contributed by atoms with Crippen LogP contribution >= 0.6 is 23.2 Å². The molecule has 0 aliphatic rings. The van der Waals surface area contributed by atoms with E-state index in [9.17, 15) is 4.79 Å². The Hall–Kier alpha value is -2.24. The average Bonchev–Trinajstić information content (AvgIpc) is 2.97. The monoisotopic (exact) mass is 349 g/mol. The number of carbonyl (C=O) groups is 1. The Kier molecular flexibility index (Phi) is 4.41. The number of halogens is 2. The lowest BCUT2D eigenvalue weighted by molar-refractivity contribution is -0.122. The smallest absolute Gasteiger partial charge is 0.265 e.